The first-order valence-corrected chi connectivity index (χ1v) is 16.3. The van der Waals surface area contributed by atoms with Gasteiger partial charge in [-0.25, -0.2) is 24.5 Å². The Labute approximate surface area is 285 Å². The van der Waals surface area contributed by atoms with E-state index in [-0.39, 0.29) is 36.9 Å². The van der Waals surface area contributed by atoms with E-state index in [0.29, 0.717) is 61.9 Å². The third-order valence-corrected chi connectivity index (χ3v) is 8.72. The summed E-state index contributed by atoms with van der Waals surface area (Å²) >= 11 is 0. The number of hydrogen-bond donors (Lipinski definition) is 2. The maximum atomic E-state index is 13.1. The predicted octanol–water partition coefficient (Wildman–Crippen LogP) is 2.67. The van der Waals surface area contributed by atoms with Gasteiger partial charge in [0.1, 0.15) is 30.0 Å². The smallest absolute Gasteiger partial charge is 0.410 e. The minimum Gasteiger partial charge on any atom is -0.444 e. The van der Waals surface area contributed by atoms with Gasteiger partial charge in [-0.15, -0.1) is 0 Å². The lowest BCUT2D eigenvalue weighted by molar-refractivity contribution is -0.131. The highest BCUT2D eigenvalue weighted by atomic mass is 16.6. The fourth-order valence-electron chi connectivity index (χ4n) is 6.05. The van der Waals surface area contributed by atoms with Crippen molar-refractivity contribution >= 4 is 52.3 Å². The molecule has 0 aromatic carbocycles. The van der Waals surface area contributed by atoms with E-state index < -0.39 is 17.5 Å². The summed E-state index contributed by atoms with van der Waals surface area (Å²) in [5, 5.41) is 14.9. The fourth-order valence-corrected chi connectivity index (χ4v) is 6.05. The van der Waals surface area contributed by atoms with Crippen LogP contribution in [0.2, 0.25) is 0 Å². The Hall–Kier alpha value is -5.46. The molecule has 0 radical (unpaired) electrons. The predicted molar refractivity (Wildman–Crippen MR) is 182 cm³/mol. The molecule has 260 valence electrons. The molecule has 2 saturated heterocycles. The van der Waals surface area contributed by atoms with E-state index in [4.69, 9.17) is 10.00 Å². The summed E-state index contributed by atoms with van der Waals surface area (Å²) in [4.78, 5) is 71.2. The van der Waals surface area contributed by atoms with Crippen molar-refractivity contribution in [1.29, 1.82) is 5.26 Å². The van der Waals surface area contributed by atoms with E-state index in [1.807, 2.05) is 44.9 Å². The second-order valence-corrected chi connectivity index (χ2v) is 13.3. The number of aromatic nitrogens is 4. The van der Waals surface area contributed by atoms with Gasteiger partial charge in [0, 0.05) is 52.5 Å². The number of piperidine rings is 1. The second-order valence-electron chi connectivity index (χ2n) is 13.3. The van der Waals surface area contributed by atoms with Crippen molar-refractivity contribution in [3.05, 3.63) is 36.9 Å². The van der Waals surface area contributed by atoms with Gasteiger partial charge < -0.3 is 35.0 Å². The Bertz CT molecular complexity index is 1720. The molecule has 2 aliphatic heterocycles. The van der Waals surface area contributed by atoms with Crippen molar-refractivity contribution in [2.75, 3.05) is 68.0 Å². The van der Waals surface area contributed by atoms with Crippen molar-refractivity contribution in [2.24, 2.45) is 5.92 Å². The summed E-state index contributed by atoms with van der Waals surface area (Å²) in [7, 11) is 1.90. The molecule has 3 aromatic rings. The van der Waals surface area contributed by atoms with Crippen LogP contribution < -0.4 is 20.4 Å². The number of piperazine rings is 1. The maximum absolute atomic E-state index is 13.1. The fraction of sp³-hybridized carbons (Fsp3) is 0.515. The van der Waals surface area contributed by atoms with Crippen LogP contribution in [0.3, 0.4) is 0 Å². The van der Waals surface area contributed by atoms with Crippen LogP contribution in [-0.4, -0.2) is 118 Å². The number of ether oxygens (including phenoxy) is 1. The van der Waals surface area contributed by atoms with Gasteiger partial charge in [-0.3, -0.25) is 14.2 Å². The van der Waals surface area contributed by atoms with Crippen molar-refractivity contribution in [1.82, 2.24) is 34.6 Å². The third-order valence-electron chi connectivity index (χ3n) is 8.72. The van der Waals surface area contributed by atoms with Crippen LogP contribution in [0.25, 0.3) is 11.0 Å². The molecule has 0 spiro atoms. The molecule has 16 nitrogen and oxygen atoms in total. The topological polar surface area (TPSA) is 182 Å². The maximum Gasteiger partial charge on any atom is 0.410 e. The first kappa shape index (κ1) is 34.9. The lowest BCUT2D eigenvalue weighted by Gasteiger charge is -2.42. The number of anilines is 3. The summed E-state index contributed by atoms with van der Waals surface area (Å²) in [6.07, 6.45) is 4.93. The van der Waals surface area contributed by atoms with E-state index >= 15 is 0 Å². The lowest BCUT2D eigenvalue weighted by atomic mass is 9.92. The highest BCUT2D eigenvalue weighted by Gasteiger charge is 2.33. The molecule has 16 heteroatoms. The SMILES string of the molecule is C[C@@H]1CCN(C(=O)CC#N)CC1N(C)c1ncnc2c1ccn2C(=O)NCC(=O)Nc1ccc(N2CCN(C(=O)OC(C)(C)C)CC2)cn1. The van der Waals surface area contributed by atoms with Gasteiger partial charge in [-0.05, 0) is 51.3 Å². The number of nitrogens with one attached hydrogen (secondary N) is 2. The molecule has 2 N–H and O–H groups in total. The molecule has 5 rings (SSSR count). The normalized spacial score (nSPS) is 18.1. The molecule has 0 aliphatic carbocycles. The average Bonchev–Trinajstić information content (AvgIpc) is 3.51. The highest BCUT2D eigenvalue weighted by Crippen LogP contribution is 2.29. The number of likely N-dealkylation sites (tertiary alicyclic amines) is 1. The zero-order valence-electron chi connectivity index (χ0n) is 28.5. The number of carbonyl (C=O) groups is 4. The van der Waals surface area contributed by atoms with Crippen molar-refractivity contribution in [2.45, 2.75) is 52.2 Å². The zero-order chi connectivity index (χ0) is 35.3. The van der Waals surface area contributed by atoms with Crippen LogP contribution >= 0.6 is 0 Å². The van der Waals surface area contributed by atoms with Crippen LogP contribution in [0.1, 0.15) is 40.5 Å². The molecule has 2 fully saturated rings. The number of carbonyl (C=O) groups excluding carboxylic acids is 4. The summed E-state index contributed by atoms with van der Waals surface area (Å²) < 4.78 is 6.79. The van der Waals surface area contributed by atoms with Crippen LogP contribution in [0, 0.1) is 17.2 Å². The summed E-state index contributed by atoms with van der Waals surface area (Å²) in [6, 6.07) is 6.63. The Kier molecular flexibility index (Phi) is 10.5. The number of rotatable bonds is 7. The van der Waals surface area contributed by atoms with Gasteiger partial charge in [0.25, 0.3) is 0 Å². The highest BCUT2D eigenvalue weighted by molar-refractivity contribution is 5.97. The first-order valence-electron chi connectivity index (χ1n) is 16.3. The van der Waals surface area contributed by atoms with Gasteiger partial charge in [0.15, 0.2) is 5.65 Å². The monoisotopic (exact) mass is 673 g/mol. The molecule has 5 heterocycles. The number of nitriles is 1. The van der Waals surface area contributed by atoms with Gasteiger partial charge in [-0.1, -0.05) is 6.92 Å². The van der Waals surface area contributed by atoms with E-state index in [0.717, 1.165) is 12.1 Å². The zero-order valence-corrected chi connectivity index (χ0v) is 28.5. The Morgan fingerprint density at radius 1 is 1.04 bits per heavy atom. The first-order chi connectivity index (χ1) is 23.3. The summed E-state index contributed by atoms with van der Waals surface area (Å²) in [5.41, 5.74) is 0.695. The number of fused-ring (bicyclic) bond motifs is 1. The van der Waals surface area contributed by atoms with Crippen molar-refractivity contribution in [3.63, 3.8) is 0 Å². The Morgan fingerprint density at radius 2 is 1.80 bits per heavy atom. The van der Waals surface area contributed by atoms with Gasteiger partial charge >= 0.3 is 12.1 Å². The van der Waals surface area contributed by atoms with Crippen LogP contribution in [0.15, 0.2) is 36.9 Å². The number of nitrogens with zero attached hydrogens (tertiary/aromatic N) is 9. The molecular weight excluding hydrogens is 630 g/mol. The molecule has 49 heavy (non-hydrogen) atoms. The standard InChI is InChI=1S/C33H43N11O5/c1-22-9-12-43(28(46)8-11-34)20-25(22)40(5)29-24-10-13-44(30(24)38-21-37-29)31(47)36-19-27(45)39-26-7-6-23(18-35-26)41-14-16-42(17-15-41)32(48)49-33(2,3)4/h6-7,10,13,18,21-22,25H,8-9,12,14-17,19-20H2,1-5H3,(H,36,47)(H,35,39,45)/t22-,25?/m1/s1. The van der Waals surface area contributed by atoms with Gasteiger partial charge in [-0.2, -0.15) is 5.26 Å². The van der Waals surface area contributed by atoms with Crippen molar-refractivity contribution in [3.8, 4) is 6.07 Å². The van der Waals surface area contributed by atoms with E-state index in [1.165, 1.54) is 10.9 Å². The van der Waals surface area contributed by atoms with Crippen molar-refractivity contribution < 1.29 is 23.9 Å². The minimum absolute atomic E-state index is 0.0487. The van der Waals surface area contributed by atoms with E-state index in [9.17, 15) is 19.2 Å². The quantitative estimate of drug-likeness (QED) is 0.376. The number of hydrogen-bond acceptors (Lipinski definition) is 11. The Morgan fingerprint density at radius 3 is 2.47 bits per heavy atom. The molecule has 0 saturated carbocycles. The lowest BCUT2D eigenvalue weighted by Crippen LogP contribution is -2.52. The molecule has 2 atom stereocenters. The van der Waals surface area contributed by atoms with Crippen LogP contribution in [-0.2, 0) is 14.3 Å². The van der Waals surface area contributed by atoms with Gasteiger partial charge in [0.2, 0.25) is 11.8 Å². The number of amides is 4. The number of likely N-dealkylation sites (N-methyl/N-ethyl adjacent to an activating group) is 1. The van der Waals surface area contributed by atoms with E-state index in [2.05, 4.69) is 37.4 Å². The molecule has 1 unspecified atom stereocenters. The largest absolute Gasteiger partial charge is 0.444 e. The van der Waals surface area contributed by atoms with Gasteiger partial charge in [0.05, 0.1) is 35.9 Å². The average molecular weight is 674 g/mol. The summed E-state index contributed by atoms with van der Waals surface area (Å²) in [5.74, 6) is 0.574. The molecular formula is C33H43N11O5. The minimum atomic E-state index is -0.545. The van der Waals surface area contributed by atoms with Crippen LogP contribution in [0.4, 0.5) is 26.9 Å². The molecule has 2 aliphatic rings. The molecule has 4 amide bonds. The molecule has 0 bridgehead atoms. The number of pyridine rings is 1. The molecule has 3 aromatic heterocycles. The van der Waals surface area contributed by atoms with Crippen LogP contribution in [0.5, 0.6) is 0 Å². The second kappa shape index (κ2) is 14.8. The van der Waals surface area contributed by atoms with E-state index in [1.54, 1.807) is 34.3 Å². The summed E-state index contributed by atoms with van der Waals surface area (Å²) in [6.45, 7) is 10.7. The third kappa shape index (κ3) is 8.34. The Balaban J connectivity index is 1.14.